The van der Waals surface area contributed by atoms with Gasteiger partial charge in [0.05, 0.1) is 18.6 Å². The second-order valence-electron chi connectivity index (χ2n) is 7.38. The Morgan fingerprint density at radius 3 is 2.30 bits per heavy atom. The maximum absolute atomic E-state index is 12.5. The van der Waals surface area contributed by atoms with Crippen molar-refractivity contribution in [1.29, 1.82) is 0 Å². The Hall–Kier alpha value is -2.09. The van der Waals surface area contributed by atoms with E-state index in [1.54, 1.807) is 13.2 Å². The first-order chi connectivity index (χ1) is 12.9. The van der Waals surface area contributed by atoms with E-state index in [2.05, 4.69) is 10.6 Å². The van der Waals surface area contributed by atoms with E-state index in [1.807, 2.05) is 18.2 Å². The van der Waals surface area contributed by atoms with Gasteiger partial charge in [-0.3, -0.25) is 9.59 Å². The minimum absolute atomic E-state index is 0.0380. The number of carbonyl (C=O) groups excluding carboxylic acids is 2. The van der Waals surface area contributed by atoms with Gasteiger partial charge >= 0.3 is 0 Å². The number of carbonyl (C=O) groups is 2. The van der Waals surface area contributed by atoms with Gasteiger partial charge in [0.2, 0.25) is 11.8 Å². The van der Waals surface area contributed by atoms with Crippen LogP contribution in [-0.2, 0) is 19.4 Å². The van der Waals surface area contributed by atoms with Crippen molar-refractivity contribution in [3.05, 3.63) is 24.3 Å². The van der Waals surface area contributed by atoms with Crippen molar-refractivity contribution < 1.29 is 22.7 Å². The SMILES string of the molecule is COc1cccc(NC(=O)C2CCC(C(=O)NC3CCS(=O)(=O)C3)CC2)c1. The molecule has 0 aromatic heterocycles. The molecule has 7 nitrogen and oxygen atoms in total. The van der Waals surface area contributed by atoms with Crippen LogP contribution in [0.3, 0.4) is 0 Å². The van der Waals surface area contributed by atoms with Crippen LogP contribution in [0.15, 0.2) is 24.3 Å². The molecule has 8 heteroatoms. The summed E-state index contributed by atoms with van der Waals surface area (Å²) in [5.41, 5.74) is 0.696. The van der Waals surface area contributed by atoms with Gasteiger partial charge in [0.25, 0.3) is 0 Å². The summed E-state index contributed by atoms with van der Waals surface area (Å²) in [4.78, 5) is 24.9. The van der Waals surface area contributed by atoms with E-state index < -0.39 is 9.84 Å². The number of benzene rings is 1. The lowest BCUT2D eigenvalue weighted by Gasteiger charge is -2.28. The number of hydrogen-bond donors (Lipinski definition) is 2. The molecule has 1 saturated carbocycles. The van der Waals surface area contributed by atoms with Crippen molar-refractivity contribution in [1.82, 2.24) is 5.32 Å². The number of nitrogens with one attached hydrogen (secondary N) is 2. The summed E-state index contributed by atoms with van der Waals surface area (Å²) < 4.78 is 28.2. The highest BCUT2D eigenvalue weighted by molar-refractivity contribution is 7.91. The molecule has 2 N–H and O–H groups in total. The van der Waals surface area contributed by atoms with Gasteiger partial charge in [0.15, 0.2) is 9.84 Å². The van der Waals surface area contributed by atoms with Gasteiger partial charge < -0.3 is 15.4 Å². The zero-order valence-electron chi connectivity index (χ0n) is 15.4. The van der Waals surface area contributed by atoms with Crippen molar-refractivity contribution in [3.8, 4) is 5.75 Å². The molecule has 3 rings (SSSR count). The van der Waals surface area contributed by atoms with Crippen molar-refractivity contribution >= 4 is 27.3 Å². The Bertz CT molecular complexity index is 800. The summed E-state index contributed by atoms with van der Waals surface area (Å²) in [6.07, 6.45) is 3.07. The Morgan fingerprint density at radius 1 is 1.04 bits per heavy atom. The van der Waals surface area contributed by atoms with Gasteiger partial charge in [-0.25, -0.2) is 8.42 Å². The number of rotatable bonds is 5. The molecular formula is C19H26N2O5S. The zero-order valence-corrected chi connectivity index (χ0v) is 16.3. The van der Waals surface area contributed by atoms with Crippen LogP contribution in [0.1, 0.15) is 32.1 Å². The zero-order chi connectivity index (χ0) is 19.4. The van der Waals surface area contributed by atoms with Crippen LogP contribution in [0, 0.1) is 11.8 Å². The fourth-order valence-electron chi connectivity index (χ4n) is 3.79. The van der Waals surface area contributed by atoms with Gasteiger partial charge in [0.1, 0.15) is 5.75 Å². The van der Waals surface area contributed by atoms with Crippen molar-refractivity contribution in [2.24, 2.45) is 11.8 Å². The standard InChI is InChI=1S/C19H26N2O5S/c1-26-17-4-2-3-15(11-17)20-18(22)13-5-7-14(8-6-13)19(23)21-16-9-10-27(24,25)12-16/h2-4,11,13-14,16H,5-10,12H2,1H3,(H,20,22)(H,21,23). The van der Waals surface area contributed by atoms with Gasteiger partial charge in [-0.1, -0.05) is 6.07 Å². The summed E-state index contributed by atoms with van der Waals surface area (Å²) in [7, 11) is -1.43. The van der Waals surface area contributed by atoms with Crippen LogP contribution in [0.25, 0.3) is 0 Å². The normalized spacial score (nSPS) is 26.9. The first-order valence-electron chi connectivity index (χ1n) is 9.32. The van der Waals surface area contributed by atoms with Crippen LogP contribution >= 0.6 is 0 Å². The summed E-state index contributed by atoms with van der Waals surface area (Å²) in [5.74, 6) is 0.489. The van der Waals surface area contributed by atoms with Gasteiger partial charge in [-0.05, 0) is 44.2 Å². The average molecular weight is 394 g/mol. The van der Waals surface area contributed by atoms with Gasteiger partial charge in [-0.2, -0.15) is 0 Å². The lowest BCUT2D eigenvalue weighted by molar-refractivity contribution is -0.129. The van der Waals surface area contributed by atoms with E-state index >= 15 is 0 Å². The molecule has 1 aromatic rings. The molecule has 2 aliphatic rings. The van der Waals surface area contributed by atoms with E-state index in [0.29, 0.717) is 43.5 Å². The van der Waals surface area contributed by atoms with E-state index in [4.69, 9.17) is 4.74 Å². The third kappa shape index (κ3) is 5.22. The number of hydrogen-bond acceptors (Lipinski definition) is 5. The molecule has 0 bridgehead atoms. The van der Waals surface area contributed by atoms with E-state index in [0.717, 1.165) is 0 Å². The van der Waals surface area contributed by atoms with Crippen molar-refractivity contribution in [2.75, 3.05) is 23.9 Å². The molecule has 1 aliphatic heterocycles. The molecule has 2 amide bonds. The maximum atomic E-state index is 12.5. The number of ether oxygens (including phenoxy) is 1. The highest BCUT2D eigenvalue weighted by atomic mass is 32.2. The second-order valence-corrected chi connectivity index (χ2v) is 9.61. The fourth-order valence-corrected chi connectivity index (χ4v) is 5.46. The second kappa shape index (κ2) is 8.29. The molecule has 1 aromatic carbocycles. The molecule has 0 radical (unpaired) electrons. The lowest BCUT2D eigenvalue weighted by atomic mass is 9.81. The molecule has 27 heavy (non-hydrogen) atoms. The highest BCUT2D eigenvalue weighted by Crippen LogP contribution is 2.30. The fraction of sp³-hybridized carbons (Fsp3) is 0.579. The van der Waals surface area contributed by atoms with Crippen LogP contribution < -0.4 is 15.4 Å². The van der Waals surface area contributed by atoms with Gasteiger partial charge in [0, 0.05) is 29.6 Å². The van der Waals surface area contributed by atoms with E-state index in [9.17, 15) is 18.0 Å². The minimum atomic E-state index is -3.00. The van der Waals surface area contributed by atoms with E-state index in [-0.39, 0.29) is 41.2 Å². The summed E-state index contributed by atoms with van der Waals surface area (Å²) in [6.45, 7) is 0. The monoisotopic (exact) mass is 394 g/mol. The quantitative estimate of drug-likeness (QED) is 0.792. The summed E-state index contributed by atoms with van der Waals surface area (Å²) in [5, 5.41) is 5.78. The summed E-state index contributed by atoms with van der Waals surface area (Å²) >= 11 is 0. The van der Waals surface area contributed by atoms with Crippen LogP contribution in [-0.4, -0.2) is 44.9 Å². The first-order valence-corrected chi connectivity index (χ1v) is 11.1. The van der Waals surface area contributed by atoms with E-state index in [1.165, 1.54) is 0 Å². The van der Waals surface area contributed by atoms with Crippen molar-refractivity contribution in [2.45, 2.75) is 38.1 Å². The Balaban J connectivity index is 1.46. The predicted octanol–water partition coefficient (Wildman–Crippen LogP) is 1.74. The van der Waals surface area contributed by atoms with Crippen LogP contribution in [0.4, 0.5) is 5.69 Å². The Kier molecular flexibility index (Phi) is 6.04. The first kappa shape index (κ1) is 19.7. The number of methoxy groups -OCH3 is 1. The molecule has 148 valence electrons. The molecule has 1 aliphatic carbocycles. The van der Waals surface area contributed by atoms with Crippen LogP contribution in [0.2, 0.25) is 0 Å². The third-order valence-corrected chi connectivity index (χ3v) is 7.15. The average Bonchev–Trinajstić information content (AvgIpc) is 3.00. The molecule has 1 unspecified atom stereocenters. The minimum Gasteiger partial charge on any atom is -0.497 e. The highest BCUT2D eigenvalue weighted by Gasteiger charge is 2.33. The lowest BCUT2D eigenvalue weighted by Crippen LogP contribution is -2.41. The molecule has 2 fully saturated rings. The number of sulfone groups is 1. The third-order valence-electron chi connectivity index (χ3n) is 5.38. The Labute approximate surface area is 159 Å². The Morgan fingerprint density at radius 2 is 1.70 bits per heavy atom. The maximum Gasteiger partial charge on any atom is 0.227 e. The van der Waals surface area contributed by atoms with Crippen molar-refractivity contribution in [3.63, 3.8) is 0 Å². The molecular weight excluding hydrogens is 368 g/mol. The molecule has 1 atom stereocenters. The largest absolute Gasteiger partial charge is 0.497 e. The molecule has 0 spiro atoms. The number of anilines is 1. The molecule has 1 saturated heterocycles. The topological polar surface area (TPSA) is 102 Å². The van der Waals surface area contributed by atoms with Gasteiger partial charge in [-0.15, -0.1) is 0 Å². The van der Waals surface area contributed by atoms with Crippen LogP contribution in [0.5, 0.6) is 5.75 Å². The smallest absolute Gasteiger partial charge is 0.227 e. The molecule has 1 heterocycles. The summed E-state index contributed by atoms with van der Waals surface area (Å²) in [6, 6.07) is 6.95. The predicted molar refractivity (Wildman–Crippen MR) is 102 cm³/mol. The number of amides is 2.